The van der Waals surface area contributed by atoms with Crippen LogP contribution in [0, 0.1) is 16.7 Å². The molecule has 4 nitrogen and oxygen atoms in total. The monoisotopic (exact) mass is 210 g/mol. The zero-order valence-corrected chi connectivity index (χ0v) is 9.62. The maximum absolute atomic E-state index is 11.9. The van der Waals surface area contributed by atoms with Crippen LogP contribution in [0.4, 0.5) is 0 Å². The molecule has 1 aliphatic rings. The van der Waals surface area contributed by atoms with Gasteiger partial charge >= 0.3 is 0 Å². The molecule has 0 bridgehead atoms. The van der Waals surface area contributed by atoms with Crippen LogP contribution in [0.5, 0.6) is 0 Å². The molecule has 0 saturated carbocycles. The van der Waals surface area contributed by atoms with E-state index in [0.717, 1.165) is 12.8 Å². The fourth-order valence-electron chi connectivity index (χ4n) is 1.74. The number of amides is 1. The average Bonchev–Trinajstić information content (AvgIpc) is 2.28. The minimum atomic E-state index is -0.903. The molecule has 1 fully saturated rings. The summed E-state index contributed by atoms with van der Waals surface area (Å²) < 4.78 is 5.23. The maximum atomic E-state index is 11.9. The van der Waals surface area contributed by atoms with Crippen LogP contribution in [0.25, 0.3) is 0 Å². The van der Waals surface area contributed by atoms with Crippen LogP contribution >= 0.6 is 0 Å². The van der Waals surface area contributed by atoms with Crippen molar-refractivity contribution in [2.45, 2.75) is 32.8 Å². The number of hydrogen-bond acceptors (Lipinski definition) is 3. The van der Waals surface area contributed by atoms with E-state index in [9.17, 15) is 4.79 Å². The molecule has 0 radical (unpaired) electrons. The van der Waals surface area contributed by atoms with Gasteiger partial charge in [-0.25, -0.2) is 0 Å². The third kappa shape index (κ3) is 2.69. The van der Waals surface area contributed by atoms with Gasteiger partial charge in [0.2, 0.25) is 5.91 Å². The zero-order valence-electron chi connectivity index (χ0n) is 9.62. The summed E-state index contributed by atoms with van der Waals surface area (Å²) in [6.07, 6.45) is 1.99. The first-order chi connectivity index (χ1) is 7.01. The standard InChI is InChI=1S/C11H18N2O2/c1-11(2,8-12)10(14)13-6-4-9(15-3)5-7-13/h9H,4-7H2,1-3H3. The molecule has 15 heavy (non-hydrogen) atoms. The van der Waals surface area contributed by atoms with E-state index in [1.54, 1.807) is 25.9 Å². The number of ether oxygens (including phenoxy) is 1. The highest BCUT2D eigenvalue weighted by molar-refractivity contribution is 5.84. The lowest BCUT2D eigenvalue weighted by molar-refractivity contribution is -0.139. The zero-order chi connectivity index (χ0) is 11.5. The molecule has 1 saturated heterocycles. The van der Waals surface area contributed by atoms with Crippen LogP contribution in [0.15, 0.2) is 0 Å². The van der Waals surface area contributed by atoms with E-state index in [1.165, 1.54) is 0 Å². The summed E-state index contributed by atoms with van der Waals surface area (Å²) in [5.74, 6) is -0.0699. The summed E-state index contributed by atoms with van der Waals surface area (Å²) in [6, 6.07) is 2.04. The molecule has 1 heterocycles. The molecule has 0 aliphatic carbocycles. The minimum absolute atomic E-state index is 0.0699. The molecule has 1 rings (SSSR count). The van der Waals surface area contributed by atoms with Crippen LogP contribution < -0.4 is 0 Å². The maximum Gasteiger partial charge on any atom is 0.242 e. The quantitative estimate of drug-likeness (QED) is 0.687. The lowest BCUT2D eigenvalue weighted by Crippen LogP contribution is -2.46. The Kier molecular flexibility index (Phi) is 3.70. The van der Waals surface area contributed by atoms with Crippen LogP contribution in [0.3, 0.4) is 0 Å². The normalized spacial score (nSPS) is 18.7. The highest BCUT2D eigenvalue weighted by Crippen LogP contribution is 2.21. The van der Waals surface area contributed by atoms with Crippen molar-refractivity contribution in [3.63, 3.8) is 0 Å². The van der Waals surface area contributed by atoms with Crippen LogP contribution in [0.2, 0.25) is 0 Å². The van der Waals surface area contributed by atoms with Gasteiger partial charge in [0.1, 0.15) is 5.41 Å². The molecule has 4 heteroatoms. The van der Waals surface area contributed by atoms with Crippen molar-refractivity contribution >= 4 is 5.91 Å². The highest BCUT2D eigenvalue weighted by atomic mass is 16.5. The number of methoxy groups -OCH3 is 1. The van der Waals surface area contributed by atoms with Crippen molar-refractivity contribution in [3.8, 4) is 6.07 Å². The van der Waals surface area contributed by atoms with E-state index in [4.69, 9.17) is 10.00 Å². The lowest BCUT2D eigenvalue weighted by Gasteiger charge is -2.34. The molecule has 0 aromatic heterocycles. The first-order valence-electron chi connectivity index (χ1n) is 5.24. The van der Waals surface area contributed by atoms with Crippen molar-refractivity contribution in [2.24, 2.45) is 5.41 Å². The van der Waals surface area contributed by atoms with Gasteiger partial charge < -0.3 is 9.64 Å². The second-order valence-corrected chi connectivity index (χ2v) is 4.46. The van der Waals surface area contributed by atoms with Crippen molar-refractivity contribution in [2.75, 3.05) is 20.2 Å². The molecule has 0 atom stereocenters. The fraction of sp³-hybridized carbons (Fsp3) is 0.818. The number of hydrogen-bond donors (Lipinski definition) is 0. The summed E-state index contributed by atoms with van der Waals surface area (Å²) >= 11 is 0. The largest absolute Gasteiger partial charge is 0.381 e. The average molecular weight is 210 g/mol. The topological polar surface area (TPSA) is 53.3 Å². The molecular weight excluding hydrogens is 192 g/mol. The SMILES string of the molecule is COC1CCN(C(=O)C(C)(C)C#N)CC1. The Balaban J connectivity index is 2.55. The van der Waals surface area contributed by atoms with E-state index in [-0.39, 0.29) is 12.0 Å². The molecule has 1 aliphatic heterocycles. The fourth-order valence-corrected chi connectivity index (χ4v) is 1.74. The smallest absolute Gasteiger partial charge is 0.242 e. The third-order valence-corrected chi connectivity index (χ3v) is 2.88. The number of carbonyl (C=O) groups is 1. The molecule has 84 valence electrons. The Bertz CT molecular complexity index is 273. The van der Waals surface area contributed by atoms with Crippen molar-refractivity contribution < 1.29 is 9.53 Å². The molecule has 0 N–H and O–H groups in total. The molecular formula is C11H18N2O2. The van der Waals surface area contributed by atoms with Gasteiger partial charge in [-0.2, -0.15) is 5.26 Å². The number of likely N-dealkylation sites (tertiary alicyclic amines) is 1. The number of rotatable bonds is 2. The number of nitrogens with zero attached hydrogens (tertiary/aromatic N) is 2. The van der Waals surface area contributed by atoms with Gasteiger partial charge in [0.05, 0.1) is 12.2 Å². The third-order valence-electron chi connectivity index (χ3n) is 2.88. The minimum Gasteiger partial charge on any atom is -0.381 e. The molecule has 0 unspecified atom stereocenters. The van der Waals surface area contributed by atoms with Gasteiger partial charge in [-0.3, -0.25) is 4.79 Å². The predicted octanol–water partition coefficient (Wildman–Crippen LogP) is 1.17. The molecule has 0 aromatic rings. The Morgan fingerprint density at radius 2 is 2.00 bits per heavy atom. The second-order valence-electron chi connectivity index (χ2n) is 4.46. The Morgan fingerprint density at radius 3 is 2.40 bits per heavy atom. The highest BCUT2D eigenvalue weighted by Gasteiger charge is 2.33. The number of carbonyl (C=O) groups excluding carboxylic acids is 1. The Hall–Kier alpha value is -1.08. The van der Waals surface area contributed by atoms with E-state index < -0.39 is 5.41 Å². The molecule has 0 aromatic carbocycles. The second kappa shape index (κ2) is 4.63. The summed E-state index contributed by atoms with van der Waals surface area (Å²) in [5, 5.41) is 8.87. The summed E-state index contributed by atoms with van der Waals surface area (Å²) in [6.45, 7) is 4.72. The summed E-state index contributed by atoms with van der Waals surface area (Å²) in [4.78, 5) is 13.7. The van der Waals surface area contributed by atoms with Crippen molar-refractivity contribution in [1.29, 1.82) is 5.26 Å². The van der Waals surface area contributed by atoms with E-state index >= 15 is 0 Å². The van der Waals surface area contributed by atoms with Gasteiger partial charge in [0.15, 0.2) is 0 Å². The van der Waals surface area contributed by atoms with Crippen LogP contribution in [0.1, 0.15) is 26.7 Å². The van der Waals surface area contributed by atoms with Crippen molar-refractivity contribution in [1.82, 2.24) is 4.90 Å². The van der Waals surface area contributed by atoms with Crippen LogP contribution in [-0.2, 0) is 9.53 Å². The van der Waals surface area contributed by atoms with Gasteiger partial charge in [-0.05, 0) is 26.7 Å². The number of nitriles is 1. The first kappa shape index (κ1) is 12.0. The van der Waals surface area contributed by atoms with E-state index in [0.29, 0.717) is 13.1 Å². The number of piperidine rings is 1. The first-order valence-corrected chi connectivity index (χ1v) is 5.24. The molecule has 1 amide bonds. The van der Waals surface area contributed by atoms with E-state index in [1.807, 2.05) is 6.07 Å². The van der Waals surface area contributed by atoms with E-state index in [2.05, 4.69) is 0 Å². The van der Waals surface area contributed by atoms with Crippen molar-refractivity contribution in [3.05, 3.63) is 0 Å². The lowest BCUT2D eigenvalue weighted by atomic mass is 9.92. The van der Waals surface area contributed by atoms with Gasteiger partial charge in [0.25, 0.3) is 0 Å². The molecule has 0 spiro atoms. The van der Waals surface area contributed by atoms with Gasteiger partial charge in [-0.1, -0.05) is 0 Å². The predicted molar refractivity (Wildman–Crippen MR) is 56.0 cm³/mol. The Morgan fingerprint density at radius 1 is 1.47 bits per heavy atom. The summed E-state index contributed by atoms with van der Waals surface area (Å²) in [5.41, 5.74) is -0.903. The van der Waals surface area contributed by atoms with Crippen LogP contribution in [-0.4, -0.2) is 37.1 Å². The summed E-state index contributed by atoms with van der Waals surface area (Å²) in [7, 11) is 1.70. The Labute approximate surface area is 90.8 Å². The van der Waals surface area contributed by atoms with Gasteiger partial charge in [-0.15, -0.1) is 0 Å². The van der Waals surface area contributed by atoms with Gasteiger partial charge in [0, 0.05) is 20.2 Å².